The largest absolute Gasteiger partial charge is 0.508 e. The van der Waals surface area contributed by atoms with Gasteiger partial charge in [-0.1, -0.05) is 47.8 Å². The monoisotopic (exact) mass is 465 g/mol. The van der Waals surface area contributed by atoms with Gasteiger partial charge < -0.3 is 14.6 Å². The maximum absolute atomic E-state index is 12.4. The smallest absolute Gasteiger partial charge is 0.420 e. The highest BCUT2D eigenvalue weighted by Gasteiger charge is 2.21. The summed E-state index contributed by atoms with van der Waals surface area (Å²) in [5, 5.41) is 26.6. The molecule has 2 heterocycles. The van der Waals surface area contributed by atoms with Crippen molar-refractivity contribution in [2.75, 3.05) is 5.32 Å². The molecule has 9 nitrogen and oxygen atoms in total. The fraction of sp³-hybridized carbons (Fsp3) is 0.304. The van der Waals surface area contributed by atoms with Crippen LogP contribution in [-0.4, -0.2) is 31.8 Å². The van der Waals surface area contributed by atoms with Gasteiger partial charge in [-0.05, 0) is 66.3 Å². The van der Waals surface area contributed by atoms with Crippen molar-refractivity contribution in [3.8, 4) is 22.3 Å². The molecule has 4 aromatic rings. The van der Waals surface area contributed by atoms with Crippen molar-refractivity contribution in [1.29, 1.82) is 0 Å². The van der Waals surface area contributed by atoms with E-state index in [1.165, 1.54) is 49.0 Å². The summed E-state index contributed by atoms with van der Waals surface area (Å²) >= 11 is 1.25. The fourth-order valence-electron chi connectivity index (χ4n) is 4.13. The van der Waals surface area contributed by atoms with Crippen molar-refractivity contribution in [2.45, 2.75) is 44.9 Å². The van der Waals surface area contributed by atoms with Crippen LogP contribution < -0.4 is 14.8 Å². The lowest BCUT2D eigenvalue weighted by Gasteiger charge is -2.22. The standard InChI is InChI=1S/C23H23N5O4S/c1-13-11-19-17(12-18(13)29)20(21(33-19)32-23(30)24-22-25-27-28-26-22)31-16-9-7-15(8-10-16)14-5-3-2-4-6-14/h7-12,14,29H,2-6H2,1H3,(H2,24,25,26,27,28,30). The average Bonchev–Trinajstić information content (AvgIpc) is 3.44. The van der Waals surface area contributed by atoms with E-state index in [9.17, 15) is 9.90 Å². The number of thiophene rings is 1. The molecule has 1 fully saturated rings. The topological polar surface area (TPSA) is 122 Å². The number of aromatic amines is 1. The number of carbonyl (C=O) groups excluding carboxylic acids is 1. The molecule has 0 spiro atoms. The molecule has 0 unspecified atom stereocenters. The first-order chi connectivity index (χ1) is 16.1. The van der Waals surface area contributed by atoms with Crippen LogP contribution in [0, 0.1) is 6.92 Å². The first-order valence-corrected chi connectivity index (χ1v) is 11.6. The van der Waals surface area contributed by atoms with Gasteiger partial charge in [-0.25, -0.2) is 4.79 Å². The Bertz CT molecular complexity index is 1260. The molecule has 1 amide bonds. The highest BCUT2D eigenvalue weighted by molar-refractivity contribution is 7.21. The van der Waals surface area contributed by atoms with E-state index in [0.717, 1.165) is 10.3 Å². The minimum absolute atomic E-state index is 0.00429. The number of fused-ring (bicyclic) bond motifs is 1. The lowest BCUT2D eigenvalue weighted by molar-refractivity contribution is 0.215. The number of anilines is 1. The van der Waals surface area contributed by atoms with Gasteiger partial charge in [-0.2, -0.15) is 5.21 Å². The third kappa shape index (κ3) is 4.61. The van der Waals surface area contributed by atoms with E-state index in [2.05, 4.69) is 38.1 Å². The summed E-state index contributed by atoms with van der Waals surface area (Å²) in [5.74, 6) is 1.72. The van der Waals surface area contributed by atoms with Gasteiger partial charge in [0, 0.05) is 10.1 Å². The molecule has 3 N–H and O–H groups in total. The van der Waals surface area contributed by atoms with Crippen LogP contribution in [0.3, 0.4) is 0 Å². The molecule has 170 valence electrons. The zero-order valence-electron chi connectivity index (χ0n) is 18.0. The second-order valence-corrected chi connectivity index (χ2v) is 9.12. The number of benzene rings is 2. The predicted molar refractivity (Wildman–Crippen MR) is 124 cm³/mol. The zero-order chi connectivity index (χ0) is 22.8. The number of nitrogens with zero attached hydrogens (tertiary/aromatic N) is 3. The minimum Gasteiger partial charge on any atom is -0.508 e. The Balaban J connectivity index is 1.43. The van der Waals surface area contributed by atoms with Crippen LogP contribution in [0.5, 0.6) is 22.3 Å². The van der Waals surface area contributed by atoms with E-state index in [1.807, 2.05) is 25.1 Å². The second kappa shape index (κ2) is 9.07. The SMILES string of the molecule is Cc1cc2sc(OC(=O)Nc3nn[nH]n3)c(Oc3ccc(C4CCCCC4)cc3)c2cc1O. The van der Waals surface area contributed by atoms with Gasteiger partial charge in [0.25, 0.3) is 5.95 Å². The number of carbonyl (C=O) groups is 1. The molecule has 0 atom stereocenters. The number of hydrogen-bond acceptors (Lipinski definition) is 8. The van der Waals surface area contributed by atoms with Crippen LogP contribution in [0.25, 0.3) is 10.1 Å². The number of hydrogen-bond donors (Lipinski definition) is 3. The molecule has 2 aromatic carbocycles. The first-order valence-electron chi connectivity index (χ1n) is 10.8. The van der Waals surface area contributed by atoms with E-state index in [0.29, 0.717) is 22.8 Å². The number of rotatable bonds is 5. The summed E-state index contributed by atoms with van der Waals surface area (Å²) in [5.41, 5.74) is 2.04. The third-order valence-corrected chi connectivity index (χ3v) is 6.86. The highest BCUT2D eigenvalue weighted by Crippen LogP contribution is 2.48. The Morgan fingerprint density at radius 3 is 2.70 bits per heavy atom. The molecule has 0 bridgehead atoms. The Labute approximate surface area is 193 Å². The number of ether oxygens (including phenoxy) is 2. The predicted octanol–water partition coefficient (Wildman–Crippen LogP) is 5.88. The second-order valence-electron chi connectivity index (χ2n) is 8.11. The molecule has 1 aliphatic rings. The number of nitrogens with one attached hydrogen (secondary N) is 2. The van der Waals surface area contributed by atoms with Gasteiger partial charge in [0.05, 0.1) is 0 Å². The highest BCUT2D eigenvalue weighted by atomic mass is 32.1. The van der Waals surface area contributed by atoms with Crippen molar-refractivity contribution in [3.63, 3.8) is 0 Å². The maximum atomic E-state index is 12.4. The third-order valence-electron chi connectivity index (χ3n) is 5.85. The molecule has 0 aliphatic heterocycles. The van der Waals surface area contributed by atoms with Crippen molar-refractivity contribution in [3.05, 3.63) is 47.5 Å². The lowest BCUT2D eigenvalue weighted by Crippen LogP contribution is -2.17. The van der Waals surface area contributed by atoms with Crippen molar-refractivity contribution in [2.24, 2.45) is 0 Å². The number of aromatic hydroxyl groups is 1. The summed E-state index contributed by atoms with van der Waals surface area (Å²) in [6, 6.07) is 11.5. The molecular formula is C23H23N5O4S. The van der Waals surface area contributed by atoms with Crippen molar-refractivity contribution >= 4 is 33.5 Å². The quantitative estimate of drug-likeness (QED) is 0.336. The average molecular weight is 466 g/mol. The minimum atomic E-state index is -0.776. The van der Waals surface area contributed by atoms with Crippen LogP contribution in [0.2, 0.25) is 0 Å². The number of amides is 1. The number of aryl methyl sites for hydroxylation is 1. The van der Waals surface area contributed by atoms with E-state index < -0.39 is 6.09 Å². The van der Waals surface area contributed by atoms with Gasteiger partial charge in [-0.3, -0.25) is 5.32 Å². The molecular weight excluding hydrogens is 442 g/mol. The van der Waals surface area contributed by atoms with Gasteiger partial charge in [0.15, 0.2) is 5.75 Å². The lowest BCUT2D eigenvalue weighted by atomic mass is 9.84. The molecule has 1 aliphatic carbocycles. The summed E-state index contributed by atoms with van der Waals surface area (Å²) in [7, 11) is 0. The van der Waals surface area contributed by atoms with Crippen molar-refractivity contribution < 1.29 is 19.4 Å². The molecule has 1 saturated carbocycles. The van der Waals surface area contributed by atoms with Crippen LogP contribution in [0.1, 0.15) is 49.1 Å². The van der Waals surface area contributed by atoms with Gasteiger partial charge in [0.2, 0.25) is 5.06 Å². The van der Waals surface area contributed by atoms with Gasteiger partial charge in [0.1, 0.15) is 11.5 Å². The Hall–Kier alpha value is -3.66. The number of tetrazole rings is 1. The summed E-state index contributed by atoms with van der Waals surface area (Å²) in [6.45, 7) is 1.81. The normalized spacial score (nSPS) is 14.3. The van der Waals surface area contributed by atoms with Gasteiger partial charge >= 0.3 is 6.09 Å². The van der Waals surface area contributed by atoms with Crippen LogP contribution >= 0.6 is 11.3 Å². The number of phenols is 1. The van der Waals surface area contributed by atoms with Gasteiger partial charge in [-0.15, -0.1) is 5.10 Å². The Morgan fingerprint density at radius 1 is 1.18 bits per heavy atom. The molecule has 0 saturated heterocycles. The molecule has 10 heteroatoms. The fourth-order valence-corrected chi connectivity index (χ4v) is 5.19. The van der Waals surface area contributed by atoms with Crippen LogP contribution in [-0.2, 0) is 0 Å². The summed E-state index contributed by atoms with van der Waals surface area (Å²) < 4.78 is 12.5. The molecule has 33 heavy (non-hydrogen) atoms. The zero-order valence-corrected chi connectivity index (χ0v) is 18.8. The number of aromatic nitrogens is 4. The van der Waals surface area contributed by atoms with E-state index in [4.69, 9.17) is 9.47 Å². The van der Waals surface area contributed by atoms with E-state index >= 15 is 0 Å². The Morgan fingerprint density at radius 2 is 1.97 bits per heavy atom. The first kappa shape index (κ1) is 21.2. The van der Waals surface area contributed by atoms with Crippen LogP contribution in [0.15, 0.2) is 36.4 Å². The molecule has 5 rings (SSSR count). The van der Waals surface area contributed by atoms with Crippen LogP contribution in [0.4, 0.5) is 10.7 Å². The maximum Gasteiger partial charge on any atom is 0.420 e. The molecule has 0 radical (unpaired) electrons. The Kier molecular flexibility index (Phi) is 5.82. The van der Waals surface area contributed by atoms with E-state index in [1.54, 1.807) is 6.07 Å². The molecule has 2 aromatic heterocycles. The summed E-state index contributed by atoms with van der Waals surface area (Å²) in [6.07, 6.45) is 5.54. The van der Waals surface area contributed by atoms with Crippen molar-refractivity contribution in [1.82, 2.24) is 20.6 Å². The number of phenolic OH excluding ortho intramolecular Hbond substituents is 1. The van der Waals surface area contributed by atoms with E-state index in [-0.39, 0.29) is 16.8 Å². The number of H-pyrrole nitrogens is 1. The summed E-state index contributed by atoms with van der Waals surface area (Å²) in [4.78, 5) is 12.4.